The predicted octanol–water partition coefficient (Wildman–Crippen LogP) is 2.90. The Balaban J connectivity index is 1.23. The van der Waals surface area contributed by atoms with Gasteiger partial charge in [-0.25, -0.2) is 0 Å². The second kappa shape index (κ2) is 9.54. The Hall–Kier alpha value is -3.65. The van der Waals surface area contributed by atoms with E-state index in [9.17, 15) is 14.4 Å². The summed E-state index contributed by atoms with van der Waals surface area (Å²) in [5.74, 6) is -0.380. The molecule has 2 fully saturated rings. The average molecular weight is 492 g/mol. The minimum atomic E-state index is -0.380. The van der Waals surface area contributed by atoms with Crippen molar-refractivity contribution in [2.24, 2.45) is 5.92 Å². The molecule has 2 amide bonds. The average Bonchev–Trinajstić information content (AvgIpc) is 3.28. The van der Waals surface area contributed by atoms with Gasteiger partial charge in [0, 0.05) is 44.8 Å². The monoisotopic (exact) mass is 491 g/mol. The van der Waals surface area contributed by atoms with E-state index in [1.165, 1.54) is 4.68 Å². The van der Waals surface area contributed by atoms with Gasteiger partial charge in [-0.3, -0.25) is 14.4 Å². The van der Waals surface area contributed by atoms with Crippen LogP contribution in [0.2, 0.25) is 5.02 Å². The molecule has 8 nitrogen and oxygen atoms in total. The van der Waals surface area contributed by atoms with E-state index in [-0.39, 0.29) is 34.7 Å². The minimum absolute atomic E-state index is 0.00340. The van der Waals surface area contributed by atoms with Crippen LogP contribution in [0.1, 0.15) is 12.0 Å². The molecule has 0 aliphatic carbocycles. The summed E-state index contributed by atoms with van der Waals surface area (Å²) in [5.41, 5.74) is 2.78. The molecular weight excluding hydrogens is 466 g/mol. The number of halogens is 1. The number of para-hydroxylation sites is 1. The molecule has 2 aromatic carbocycles. The Kier molecular flexibility index (Phi) is 6.30. The molecular formula is C26H26ClN5O3. The molecule has 0 radical (unpaired) electrons. The lowest BCUT2D eigenvalue weighted by Gasteiger charge is -2.37. The van der Waals surface area contributed by atoms with Gasteiger partial charge < -0.3 is 14.7 Å². The topological polar surface area (TPSA) is 78.8 Å². The van der Waals surface area contributed by atoms with E-state index in [1.807, 2.05) is 54.3 Å². The smallest absolute Gasteiger partial charge is 0.292 e. The molecule has 2 saturated heterocycles. The van der Waals surface area contributed by atoms with Gasteiger partial charge in [-0.15, -0.1) is 0 Å². The van der Waals surface area contributed by atoms with E-state index < -0.39 is 0 Å². The Bertz CT molecular complexity index is 1300. The standard InChI is InChI=1S/C26H26ClN5O3/c1-18-7-9-20(10-8-18)31-17-19(15-23(31)33)25(34)30-13-11-29(12-14-30)22-16-28-32(26(35)24(22)27)21-5-3-2-4-6-21/h2-10,16,19H,11-15,17H2,1H3/t19-/m0/s1. The van der Waals surface area contributed by atoms with Crippen LogP contribution in [-0.2, 0) is 9.59 Å². The van der Waals surface area contributed by atoms with Crippen molar-refractivity contribution >= 4 is 34.8 Å². The van der Waals surface area contributed by atoms with Gasteiger partial charge >= 0.3 is 0 Å². The van der Waals surface area contributed by atoms with Crippen molar-refractivity contribution in [1.29, 1.82) is 0 Å². The summed E-state index contributed by atoms with van der Waals surface area (Å²) >= 11 is 6.45. The van der Waals surface area contributed by atoms with Crippen molar-refractivity contribution in [3.8, 4) is 5.69 Å². The van der Waals surface area contributed by atoms with Gasteiger partial charge in [-0.2, -0.15) is 9.78 Å². The highest BCUT2D eigenvalue weighted by Crippen LogP contribution is 2.28. The summed E-state index contributed by atoms with van der Waals surface area (Å²) in [5, 5.41) is 4.42. The number of aryl methyl sites for hydroxylation is 1. The fourth-order valence-corrected chi connectivity index (χ4v) is 4.92. The van der Waals surface area contributed by atoms with Gasteiger partial charge in [0.1, 0.15) is 5.02 Å². The maximum absolute atomic E-state index is 13.2. The first-order valence-electron chi connectivity index (χ1n) is 11.7. The largest absolute Gasteiger partial charge is 0.365 e. The summed E-state index contributed by atoms with van der Waals surface area (Å²) in [4.78, 5) is 44.1. The summed E-state index contributed by atoms with van der Waals surface area (Å²) in [6, 6.07) is 16.9. The number of benzene rings is 2. The van der Waals surface area contributed by atoms with Crippen LogP contribution in [0.5, 0.6) is 0 Å². The number of hydrogen-bond acceptors (Lipinski definition) is 5. The van der Waals surface area contributed by atoms with E-state index in [0.29, 0.717) is 44.1 Å². The minimum Gasteiger partial charge on any atom is -0.365 e. The first kappa shape index (κ1) is 23.1. The molecule has 2 aliphatic heterocycles. The number of amides is 2. The number of carbonyl (C=O) groups excluding carboxylic acids is 2. The summed E-state index contributed by atoms with van der Waals surface area (Å²) < 4.78 is 1.28. The van der Waals surface area contributed by atoms with E-state index in [2.05, 4.69) is 5.10 Å². The Morgan fingerprint density at radius 2 is 1.63 bits per heavy atom. The molecule has 2 aliphatic rings. The van der Waals surface area contributed by atoms with E-state index in [4.69, 9.17) is 11.6 Å². The molecule has 1 atom stereocenters. The van der Waals surface area contributed by atoms with Gasteiger partial charge in [0.15, 0.2) is 0 Å². The maximum Gasteiger partial charge on any atom is 0.292 e. The number of hydrogen-bond donors (Lipinski definition) is 0. The van der Waals surface area contributed by atoms with Crippen LogP contribution < -0.4 is 15.4 Å². The molecule has 0 saturated carbocycles. The molecule has 180 valence electrons. The van der Waals surface area contributed by atoms with Crippen LogP contribution in [0.15, 0.2) is 65.6 Å². The van der Waals surface area contributed by atoms with E-state index in [0.717, 1.165) is 11.3 Å². The number of carbonyl (C=O) groups is 2. The van der Waals surface area contributed by atoms with Crippen LogP contribution >= 0.6 is 11.6 Å². The van der Waals surface area contributed by atoms with Gasteiger partial charge in [-0.05, 0) is 31.2 Å². The number of nitrogens with zero attached hydrogens (tertiary/aromatic N) is 5. The van der Waals surface area contributed by atoms with Crippen LogP contribution in [0, 0.1) is 12.8 Å². The summed E-state index contributed by atoms with van der Waals surface area (Å²) in [6.45, 7) is 4.44. The molecule has 0 unspecified atom stereocenters. The Labute approximate surface area is 208 Å². The van der Waals surface area contributed by atoms with Crippen molar-refractivity contribution in [3.63, 3.8) is 0 Å². The van der Waals surface area contributed by atoms with Crippen LogP contribution in [0.3, 0.4) is 0 Å². The first-order valence-corrected chi connectivity index (χ1v) is 12.0. The summed E-state index contributed by atoms with van der Waals surface area (Å²) in [7, 11) is 0. The highest BCUT2D eigenvalue weighted by atomic mass is 35.5. The first-order chi connectivity index (χ1) is 16.9. The van der Waals surface area contributed by atoms with E-state index in [1.54, 1.807) is 28.1 Å². The third kappa shape index (κ3) is 4.53. The zero-order chi connectivity index (χ0) is 24.5. The molecule has 35 heavy (non-hydrogen) atoms. The van der Waals surface area contributed by atoms with Crippen molar-refractivity contribution < 1.29 is 9.59 Å². The van der Waals surface area contributed by atoms with Gasteiger partial charge in [-0.1, -0.05) is 47.5 Å². The number of piperazine rings is 1. The lowest BCUT2D eigenvalue weighted by atomic mass is 10.1. The molecule has 3 heterocycles. The Morgan fingerprint density at radius 1 is 0.943 bits per heavy atom. The lowest BCUT2D eigenvalue weighted by Crippen LogP contribution is -2.51. The second-order valence-electron chi connectivity index (χ2n) is 8.95. The molecule has 9 heteroatoms. The predicted molar refractivity (Wildman–Crippen MR) is 135 cm³/mol. The highest BCUT2D eigenvalue weighted by molar-refractivity contribution is 6.33. The molecule has 5 rings (SSSR count). The van der Waals surface area contributed by atoms with Crippen LogP contribution in [-0.4, -0.2) is 59.2 Å². The number of rotatable bonds is 4. The van der Waals surface area contributed by atoms with Gasteiger partial charge in [0.2, 0.25) is 11.8 Å². The highest BCUT2D eigenvalue weighted by Gasteiger charge is 2.38. The fourth-order valence-electron chi connectivity index (χ4n) is 4.67. The molecule has 3 aromatic rings. The van der Waals surface area contributed by atoms with Crippen LogP contribution in [0.25, 0.3) is 5.69 Å². The zero-order valence-electron chi connectivity index (χ0n) is 19.4. The third-order valence-electron chi connectivity index (χ3n) is 6.65. The molecule has 0 spiro atoms. The van der Waals surface area contributed by atoms with Gasteiger partial charge in [0.05, 0.1) is 23.5 Å². The lowest BCUT2D eigenvalue weighted by molar-refractivity contribution is -0.136. The third-order valence-corrected chi connectivity index (χ3v) is 7.01. The summed E-state index contributed by atoms with van der Waals surface area (Å²) in [6.07, 6.45) is 1.82. The van der Waals surface area contributed by atoms with Crippen molar-refractivity contribution in [3.05, 3.63) is 81.7 Å². The van der Waals surface area contributed by atoms with Crippen LogP contribution in [0.4, 0.5) is 11.4 Å². The van der Waals surface area contributed by atoms with Crippen molar-refractivity contribution in [1.82, 2.24) is 14.7 Å². The van der Waals surface area contributed by atoms with Crippen molar-refractivity contribution in [2.75, 3.05) is 42.5 Å². The van der Waals surface area contributed by atoms with Crippen molar-refractivity contribution in [2.45, 2.75) is 13.3 Å². The normalized spacial score (nSPS) is 18.3. The van der Waals surface area contributed by atoms with E-state index >= 15 is 0 Å². The second-order valence-corrected chi connectivity index (χ2v) is 9.33. The SMILES string of the molecule is Cc1ccc(N2C[C@@H](C(=O)N3CCN(c4cnn(-c5ccccc5)c(=O)c4Cl)CC3)CC2=O)cc1. The quantitative estimate of drug-likeness (QED) is 0.560. The zero-order valence-corrected chi connectivity index (χ0v) is 20.2. The Morgan fingerprint density at radius 3 is 2.31 bits per heavy atom. The molecule has 0 N–H and O–H groups in total. The van der Waals surface area contributed by atoms with Gasteiger partial charge in [0.25, 0.3) is 5.56 Å². The number of anilines is 2. The molecule has 0 bridgehead atoms. The fraction of sp³-hybridized carbons (Fsp3) is 0.308. The molecule has 1 aromatic heterocycles. The number of aromatic nitrogens is 2. The maximum atomic E-state index is 13.2.